The topological polar surface area (TPSA) is 56.1 Å². The van der Waals surface area contributed by atoms with E-state index in [4.69, 9.17) is 5.26 Å². The van der Waals surface area contributed by atoms with Crippen molar-refractivity contribution < 1.29 is 4.79 Å². The third kappa shape index (κ3) is 4.72. The third-order valence-electron chi connectivity index (χ3n) is 2.96. The molecule has 4 nitrogen and oxygen atoms in total. The lowest BCUT2D eigenvalue weighted by Gasteiger charge is -2.24. The minimum absolute atomic E-state index is 0.0222. The van der Waals surface area contributed by atoms with Gasteiger partial charge in [0.15, 0.2) is 0 Å². The number of carbonyl (C=O) groups is 1. The minimum atomic E-state index is -0.201. The largest absolute Gasteiger partial charge is 0.353 e. The molecule has 102 valence electrons. The Kier molecular flexibility index (Phi) is 5.53. The second kappa shape index (κ2) is 6.91. The van der Waals surface area contributed by atoms with Crippen LogP contribution in [0, 0.1) is 11.3 Å². The monoisotopic (exact) mass is 259 g/mol. The van der Waals surface area contributed by atoms with Crippen LogP contribution in [0.2, 0.25) is 0 Å². The number of amides is 1. The predicted octanol–water partition coefficient (Wildman–Crippen LogP) is 1.90. The molecule has 0 aliphatic rings. The van der Waals surface area contributed by atoms with Gasteiger partial charge in [0.05, 0.1) is 17.7 Å². The van der Waals surface area contributed by atoms with Gasteiger partial charge in [-0.15, -0.1) is 0 Å². The van der Waals surface area contributed by atoms with Crippen LogP contribution in [0.25, 0.3) is 0 Å². The fraction of sp³-hybridized carbons (Fsp3) is 0.467. The van der Waals surface area contributed by atoms with Crippen LogP contribution >= 0.6 is 0 Å². The van der Waals surface area contributed by atoms with E-state index in [-0.39, 0.29) is 18.0 Å². The summed E-state index contributed by atoms with van der Waals surface area (Å²) in [6, 6.07) is 9.52. The summed E-state index contributed by atoms with van der Waals surface area (Å²) >= 11 is 0. The summed E-state index contributed by atoms with van der Waals surface area (Å²) in [5.74, 6) is 0.0222. The quantitative estimate of drug-likeness (QED) is 0.878. The molecule has 1 N–H and O–H groups in total. The molecule has 1 unspecified atom stereocenters. The van der Waals surface area contributed by atoms with E-state index < -0.39 is 0 Å². The van der Waals surface area contributed by atoms with Gasteiger partial charge in [-0.25, -0.2) is 0 Å². The van der Waals surface area contributed by atoms with Crippen LogP contribution in [0.5, 0.6) is 0 Å². The second-order valence-corrected chi connectivity index (χ2v) is 5.07. The lowest BCUT2D eigenvalue weighted by atomic mass is 10.1. The van der Waals surface area contributed by atoms with Crippen LogP contribution in [0.15, 0.2) is 24.3 Å². The molecule has 0 radical (unpaired) electrons. The van der Waals surface area contributed by atoms with Gasteiger partial charge < -0.3 is 5.32 Å². The lowest BCUT2D eigenvalue weighted by Crippen LogP contribution is -2.45. The van der Waals surface area contributed by atoms with Crippen molar-refractivity contribution in [3.05, 3.63) is 35.4 Å². The molecule has 0 fully saturated rings. The van der Waals surface area contributed by atoms with Crippen molar-refractivity contribution in [3.63, 3.8) is 0 Å². The first-order valence-corrected chi connectivity index (χ1v) is 6.43. The van der Waals surface area contributed by atoms with E-state index in [1.807, 2.05) is 50.9 Å². The highest BCUT2D eigenvalue weighted by Crippen LogP contribution is 2.09. The number of rotatable bonds is 5. The Labute approximate surface area is 115 Å². The number of nitriles is 1. The first-order chi connectivity index (χ1) is 8.93. The van der Waals surface area contributed by atoms with E-state index in [2.05, 4.69) is 11.4 Å². The van der Waals surface area contributed by atoms with Gasteiger partial charge in [-0.2, -0.15) is 5.26 Å². The van der Waals surface area contributed by atoms with E-state index in [1.165, 1.54) is 0 Å². The van der Waals surface area contributed by atoms with Gasteiger partial charge >= 0.3 is 0 Å². The van der Waals surface area contributed by atoms with Crippen molar-refractivity contribution in [2.75, 3.05) is 7.05 Å². The molecular weight excluding hydrogens is 238 g/mol. The molecule has 0 heterocycles. The maximum Gasteiger partial charge on any atom is 0.237 e. The van der Waals surface area contributed by atoms with Gasteiger partial charge in [0.1, 0.15) is 0 Å². The predicted molar refractivity (Wildman–Crippen MR) is 75.4 cm³/mol. The summed E-state index contributed by atoms with van der Waals surface area (Å²) in [6.45, 7) is 6.41. The van der Waals surface area contributed by atoms with E-state index >= 15 is 0 Å². The van der Waals surface area contributed by atoms with E-state index in [9.17, 15) is 4.79 Å². The zero-order valence-corrected chi connectivity index (χ0v) is 12.0. The zero-order chi connectivity index (χ0) is 14.4. The Morgan fingerprint density at radius 2 is 2.11 bits per heavy atom. The average Bonchev–Trinajstić information content (AvgIpc) is 2.37. The maximum absolute atomic E-state index is 11.9. The molecule has 0 aliphatic heterocycles. The smallest absolute Gasteiger partial charge is 0.237 e. The van der Waals surface area contributed by atoms with Crippen molar-refractivity contribution >= 4 is 5.91 Å². The average molecular weight is 259 g/mol. The summed E-state index contributed by atoms with van der Waals surface area (Å²) < 4.78 is 0. The van der Waals surface area contributed by atoms with Gasteiger partial charge in [0, 0.05) is 12.6 Å². The first-order valence-electron chi connectivity index (χ1n) is 6.43. The molecule has 1 rings (SSSR count). The molecule has 0 aliphatic carbocycles. The van der Waals surface area contributed by atoms with Crippen LogP contribution in [-0.2, 0) is 11.3 Å². The fourth-order valence-corrected chi connectivity index (χ4v) is 1.77. The number of benzene rings is 1. The number of carbonyl (C=O) groups excluding carboxylic acids is 1. The van der Waals surface area contributed by atoms with E-state index in [1.54, 1.807) is 6.07 Å². The molecule has 1 amide bonds. The molecule has 0 saturated heterocycles. The molecular formula is C15H21N3O. The van der Waals surface area contributed by atoms with Crippen LogP contribution < -0.4 is 5.32 Å². The van der Waals surface area contributed by atoms with Crippen molar-refractivity contribution in [2.45, 2.75) is 39.4 Å². The summed E-state index contributed by atoms with van der Waals surface area (Å²) in [5, 5.41) is 11.8. The maximum atomic E-state index is 11.9. The Hall–Kier alpha value is -1.86. The van der Waals surface area contributed by atoms with Crippen LogP contribution in [0.3, 0.4) is 0 Å². The third-order valence-corrected chi connectivity index (χ3v) is 2.96. The Morgan fingerprint density at radius 1 is 1.42 bits per heavy atom. The number of hydrogen-bond acceptors (Lipinski definition) is 3. The second-order valence-electron chi connectivity index (χ2n) is 5.07. The van der Waals surface area contributed by atoms with Crippen LogP contribution in [0.4, 0.5) is 0 Å². The highest BCUT2D eigenvalue weighted by Gasteiger charge is 2.18. The van der Waals surface area contributed by atoms with Crippen molar-refractivity contribution in [1.82, 2.24) is 10.2 Å². The number of nitrogens with one attached hydrogen (secondary N) is 1. The van der Waals surface area contributed by atoms with Gasteiger partial charge in [-0.05, 0) is 45.5 Å². The molecule has 4 heteroatoms. The summed E-state index contributed by atoms with van der Waals surface area (Å²) in [4.78, 5) is 13.9. The van der Waals surface area contributed by atoms with E-state index in [0.29, 0.717) is 12.1 Å². The fourth-order valence-electron chi connectivity index (χ4n) is 1.77. The Morgan fingerprint density at radius 3 is 2.68 bits per heavy atom. The molecule has 0 aromatic heterocycles. The molecule has 0 saturated carbocycles. The minimum Gasteiger partial charge on any atom is -0.353 e. The van der Waals surface area contributed by atoms with Crippen LogP contribution in [0.1, 0.15) is 31.9 Å². The molecule has 19 heavy (non-hydrogen) atoms. The molecule has 0 bridgehead atoms. The Bertz CT molecular complexity index is 477. The molecule has 1 aromatic carbocycles. The zero-order valence-electron chi connectivity index (χ0n) is 12.0. The lowest BCUT2D eigenvalue weighted by molar-refractivity contribution is -0.126. The molecule has 1 atom stereocenters. The number of hydrogen-bond donors (Lipinski definition) is 1. The summed E-state index contributed by atoms with van der Waals surface area (Å²) in [5.41, 5.74) is 1.68. The highest BCUT2D eigenvalue weighted by atomic mass is 16.2. The molecule has 0 spiro atoms. The Balaban J connectivity index is 2.65. The van der Waals surface area contributed by atoms with Crippen molar-refractivity contribution in [3.8, 4) is 6.07 Å². The van der Waals surface area contributed by atoms with Crippen molar-refractivity contribution in [2.24, 2.45) is 0 Å². The first kappa shape index (κ1) is 15.2. The van der Waals surface area contributed by atoms with Gasteiger partial charge in [-0.3, -0.25) is 9.69 Å². The number of likely N-dealkylation sites (N-methyl/N-ethyl adjacent to an activating group) is 1. The molecule has 1 aromatic rings. The summed E-state index contributed by atoms with van der Waals surface area (Å²) in [6.07, 6.45) is 0. The van der Waals surface area contributed by atoms with E-state index in [0.717, 1.165) is 5.56 Å². The normalized spacial score (nSPS) is 12.3. The van der Waals surface area contributed by atoms with Gasteiger partial charge in [0.2, 0.25) is 5.91 Å². The van der Waals surface area contributed by atoms with Crippen molar-refractivity contribution in [1.29, 1.82) is 5.26 Å². The standard InChI is InChI=1S/C15H21N3O/c1-11(2)17-15(19)12(3)18(4)10-14-7-5-6-13(8-14)9-16/h5-8,11-12H,10H2,1-4H3,(H,17,19). The number of nitrogens with zero attached hydrogens (tertiary/aromatic N) is 2. The van der Waals surface area contributed by atoms with Crippen LogP contribution in [-0.4, -0.2) is 29.9 Å². The van der Waals surface area contributed by atoms with Gasteiger partial charge in [0.25, 0.3) is 0 Å². The van der Waals surface area contributed by atoms with Gasteiger partial charge in [-0.1, -0.05) is 12.1 Å². The summed E-state index contributed by atoms with van der Waals surface area (Å²) in [7, 11) is 1.91. The SMILES string of the molecule is CC(C)NC(=O)C(C)N(C)Cc1cccc(C#N)c1. The highest BCUT2D eigenvalue weighted by molar-refractivity contribution is 5.81.